The Kier molecular flexibility index (Phi) is 6.86. The number of hydrogen-bond donors (Lipinski definition) is 2. The summed E-state index contributed by atoms with van der Waals surface area (Å²) in [6, 6.07) is 8.93. The molecule has 0 aromatic heterocycles. The molecule has 0 unspecified atom stereocenters. The van der Waals surface area contributed by atoms with Crippen LogP contribution in [0.25, 0.3) is 0 Å². The SMILES string of the molecule is COC(=O)c1cc(S(=O)(=O)Nc2ccc(S(=O)(=O)NC(C)C)cc2)ccc1Br. The number of hydrogen-bond acceptors (Lipinski definition) is 6. The van der Waals surface area contributed by atoms with E-state index in [1.54, 1.807) is 13.8 Å². The lowest BCUT2D eigenvalue weighted by Gasteiger charge is -2.12. The molecule has 0 amide bonds. The van der Waals surface area contributed by atoms with Crippen LogP contribution in [0, 0.1) is 0 Å². The van der Waals surface area contributed by atoms with Crippen molar-refractivity contribution in [3.05, 3.63) is 52.5 Å². The Labute approximate surface area is 172 Å². The highest BCUT2D eigenvalue weighted by molar-refractivity contribution is 9.10. The molecule has 0 radical (unpaired) electrons. The Bertz CT molecular complexity index is 1080. The van der Waals surface area contributed by atoms with Crippen molar-refractivity contribution in [1.29, 1.82) is 0 Å². The summed E-state index contributed by atoms with van der Waals surface area (Å²) >= 11 is 3.17. The summed E-state index contributed by atoms with van der Waals surface area (Å²) < 4.78 is 59.2. The molecule has 2 rings (SSSR count). The fourth-order valence-corrected chi connectivity index (χ4v) is 4.98. The van der Waals surface area contributed by atoms with Crippen LogP contribution in [-0.4, -0.2) is 36.0 Å². The largest absolute Gasteiger partial charge is 0.465 e. The Morgan fingerprint density at radius 1 is 0.964 bits per heavy atom. The van der Waals surface area contributed by atoms with E-state index in [1.165, 1.54) is 49.6 Å². The third-order valence-electron chi connectivity index (χ3n) is 3.46. The standard InChI is InChI=1S/C17H19BrN2O6S2/c1-11(2)19-27(22,23)13-6-4-12(5-7-13)20-28(24,25)14-8-9-16(18)15(10-14)17(21)26-3/h4-11,19-20H,1-3H3. The maximum atomic E-state index is 12.6. The van der Waals surface area contributed by atoms with Gasteiger partial charge in [0.2, 0.25) is 10.0 Å². The third kappa shape index (κ3) is 5.31. The number of rotatable bonds is 7. The first kappa shape index (κ1) is 22.3. The molecule has 0 spiro atoms. The highest BCUT2D eigenvalue weighted by Gasteiger charge is 2.20. The fourth-order valence-electron chi connectivity index (χ4n) is 2.23. The molecule has 11 heteroatoms. The minimum Gasteiger partial charge on any atom is -0.465 e. The van der Waals surface area contributed by atoms with Crippen molar-refractivity contribution < 1.29 is 26.4 Å². The van der Waals surface area contributed by atoms with Gasteiger partial charge < -0.3 is 4.74 Å². The number of sulfonamides is 2. The predicted octanol–water partition coefficient (Wildman–Crippen LogP) is 2.72. The monoisotopic (exact) mass is 490 g/mol. The molecule has 2 aromatic rings. The second kappa shape index (κ2) is 8.60. The number of ether oxygens (including phenoxy) is 1. The van der Waals surface area contributed by atoms with Crippen molar-refractivity contribution in [3.8, 4) is 0 Å². The van der Waals surface area contributed by atoms with E-state index < -0.39 is 26.0 Å². The summed E-state index contributed by atoms with van der Waals surface area (Å²) in [5.41, 5.74) is 0.234. The van der Waals surface area contributed by atoms with E-state index in [0.717, 1.165) is 0 Å². The first-order valence-corrected chi connectivity index (χ1v) is 11.8. The van der Waals surface area contributed by atoms with Gasteiger partial charge in [-0.05, 0) is 72.2 Å². The summed E-state index contributed by atoms with van der Waals surface area (Å²) in [4.78, 5) is 11.6. The Balaban J connectivity index is 2.29. The van der Waals surface area contributed by atoms with E-state index in [1.807, 2.05) is 0 Å². The quantitative estimate of drug-likeness (QED) is 0.575. The van der Waals surface area contributed by atoms with Crippen molar-refractivity contribution in [2.24, 2.45) is 0 Å². The number of benzene rings is 2. The molecule has 0 atom stereocenters. The number of carbonyl (C=O) groups excluding carboxylic acids is 1. The predicted molar refractivity (Wildman–Crippen MR) is 108 cm³/mol. The summed E-state index contributed by atoms with van der Waals surface area (Å²) in [5.74, 6) is -0.684. The third-order valence-corrected chi connectivity index (χ3v) is 7.21. The zero-order chi connectivity index (χ0) is 21.1. The first-order valence-electron chi connectivity index (χ1n) is 7.99. The van der Waals surface area contributed by atoms with Gasteiger partial charge in [-0.1, -0.05) is 0 Å². The zero-order valence-electron chi connectivity index (χ0n) is 15.3. The lowest BCUT2D eigenvalue weighted by molar-refractivity contribution is 0.0599. The Morgan fingerprint density at radius 3 is 2.07 bits per heavy atom. The highest BCUT2D eigenvalue weighted by Crippen LogP contribution is 2.24. The summed E-state index contributed by atoms with van der Waals surface area (Å²) in [6.07, 6.45) is 0. The number of anilines is 1. The highest BCUT2D eigenvalue weighted by atomic mass is 79.9. The molecule has 0 fully saturated rings. The van der Waals surface area contributed by atoms with Crippen LogP contribution in [-0.2, 0) is 24.8 Å². The van der Waals surface area contributed by atoms with Gasteiger partial charge in [0.25, 0.3) is 10.0 Å². The van der Waals surface area contributed by atoms with Crippen molar-refractivity contribution in [2.45, 2.75) is 29.7 Å². The van der Waals surface area contributed by atoms with Crippen LogP contribution in [0.4, 0.5) is 5.69 Å². The van der Waals surface area contributed by atoms with Gasteiger partial charge in [0, 0.05) is 16.2 Å². The molecule has 0 saturated heterocycles. The number of halogens is 1. The molecule has 8 nitrogen and oxygen atoms in total. The minimum atomic E-state index is -4.01. The topological polar surface area (TPSA) is 119 Å². The maximum Gasteiger partial charge on any atom is 0.339 e. The summed E-state index contributed by atoms with van der Waals surface area (Å²) in [5, 5.41) is 0. The number of methoxy groups -OCH3 is 1. The molecule has 2 aromatic carbocycles. The zero-order valence-corrected chi connectivity index (χ0v) is 18.5. The van der Waals surface area contributed by atoms with Crippen LogP contribution >= 0.6 is 15.9 Å². The lowest BCUT2D eigenvalue weighted by Crippen LogP contribution is -2.30. The van der Waals surface area contributed by atoms with E-state index in [0.29, 0.717) is 4.47 Å². The van der Waals surface area contributed by atoms with Crippen molar-refractivity contribution >= 4 is 47.6 Å². The molecule has 0 aliphatic carbocycles. The summed E-state index contributed by atoms with van der Waals surface area (Å²) in [7, 11) is -6.49. The van der Waals surface area contributed by atoms with E-state index in [2.05, 4.69) is 30.1 Å². The van der Waals surface area contributed by atoms with Crippen LogP contribution in [0.5, 0.6) is 0 Å². The summed E-state index contributed by atoms with van der Waals surface area (Å²) in [6.45, 7) is 3.39. The van der Waals surface area contributed by atoms with Crippen LogP contribution in [0.2, 0.25) is 0 Å². The van der Waals surface area contributed by atoms with E-state index >= 15 is 0 Å². The average molecular weight is 491 g/mol. The molecule has 152 valence electrons. The fraction of sp³-hybridized carbons (Fsp3) is 0.235. The smallest absolute Gasteiger partial charge is 0.339 e. The van der Waals surface area contributed by atoms with Gasteiger partial charge in [0.05, 0.1) is 22.5 Å². The van der Waals surface area contributed by atoms with Gasteiger partial charge in [-0.25, -0.2) is 26.4 Å². The van der Waals surface area contributed by atoms with E-state index in [9.17, 15) is 21.6 Å². The molecule has 0 aliphatic rings. The van der Waals surface area contributed by atoms with Crippen molar-refractivity contribution in [3.63, 3.8) is 0 Å². The van der Waals surface area contributed by atoms with Crippen LogP contribution < -0.4 is 9.44 Å². The van der Waals surface area contributed by atoms with Crippen LogP contribution in [0.3, 0.4) is 0 Å². The van der Waals surface area contributed by atoms with Gasteiger partial charge in [0.1, 0.15) is 0 Å². The maximum absolute atomic E-state index is 12.6. The molecule has 28 heavy (non-hydrogen) atoms. The number of carbonyl (C=O) groups is 1. The Hall–Kier alpha value is -1.95. The van der Waals surface area contributed by atoms with E-state index in [4.69, 9.17) is 0 Å². The molecule has 0 saturated carbocycles. The van der Waals surface area contributed by atoms with Gasteiger partial charge in [-0.3, -0.25) is 4.72 Å². The molecular formula is C17H19BrN2O6S2. The van der Waals surface area contributed by atoms with Gasteiger partial charge in [-0.15, -0.1) is 0 Å². The first-order chi connectivity index (χ1) is 13.0. The lowest BCUT2D eigenvalue weighted by atomic mass is 10.2. The molecule has 0 aliphatic heterocycles. The van der Waals surface area contributed by atoms with Gasteiger partial charge in [-0.2, -0.15) is 0 Å². The molecular weight excluding hydrogens is 472 g/mol. The normalized spacial score (nSPS) is 12.0. The van der Waals surface area contributed by atoms with Crippen LogP contribution in [0.15, 0.2) is 56.7 Å². The van der Waals surface area contributed by atoms with Crippen molar-refractivity contribution in [1.82, 2.24) is 4.72 Å². The molecule has 2 N–H and O–H groups in total. The number of nitrogens with one attached hydrogen (secondary N) is 2. The number of esters is 1. The van der Waals surface area contributed by atoms with Gasteiger partial charge >= 0.3 is 5.97 Å². The second-order valence-electron chi connectivity index (χ2n) is 6.04. The Morgan fingerprint density at radius 2 is 1.54 bits per heavy atom. The second-order valence-corrected chi connectivity index (χ2v) is 10.3. The minimum absolute atomic E-state index is 0.0146. The van der Waals surface area contributed by atoms with Gasteiger partial charge in [0.15, 0.2) is 0 Å². The molecule has 0 bridgehead atoms. The molecule has 0 heterocycles. The average Bonchev–Trinajstić information content (AvgIpc) is 2.60. The van der Waals surface area contributed by atoms with E-state index in [-0.39, 0.29) is 27.1 Å². The van der Waals surface area contributed by atoms with Crippen molar-refractivity contribution in [2.75, 3.05) is 11.8 Å². The van der Waals surface area contributed by atoms with Crippen LogP contribution in [0.1, 0.15) is 24.2 Å².